The molecule has 4 aliphatic carbocycles. The Balaban J connectivity index is 1.53. The Labute approximate surface area is 119 Å². The molecule has 1 unspecified atom stereocenters. The molecule has 0 aromatic carbocycles. The van der Waals surface area contributed by atoms with Crippen LogP contribution >= 0.6 is 0 Å². The average molecular weight is 273 g/mol. The third-order valence-corrected chi connectivity index (χ3v) is 5.96. The number of nitrogens with two attached hydrogens (primary N) is 1. The minimum Gasteiger partial charge on any atom is -0.326 e. The normalized spacial score (nSPS) is 40.0. The maximum absolute atomic E-state index is 11.8. The average Bonchev–Trinajstić information content (AvgIpc) is 2.40. The largest absolute Gasteiger partial charge is 0.326 e. The van der Waals surface area contributed by atoms with Crippen molar-refractivity contribution < 1.29 is 0 Å². The van der Waals surface area contributed by atoms with Crippen LogP contribution in [0, 0.1) is 29.6 Å². The highest BCUT2D eigenvalue weighted by Gasteiger charge is 2.49. The van der Waals surface area contributed by atoms with E-state index in [0.717, 1.165) is 23.7 Å². The van der Waals surface area contributed by atoms with Gasteiger partial charge in [0.05, 0.1) is 6.54 Å². The molecule has 2 N–H and O–H groups in total. The van der Waals surface area contributed by atoms with Crippen LogP contribution in [0.25, 0.3) is 0 Å². The highest BCUT2D eigenvalue weighted by Crippen LogP contribution is 2.57. The van der Waals surface area contributed by atoms with Crippen molar-refractivity contribution >= 4 is 0 Å². The first kappa shape index (κ1) is 12.6. The molecule has 1 heterocycles. The van der Waals surface area contributed by atoms with Gasteiger partial charge < -0.3 is 5.73 Å². The van der Waals surface area contributed by atoms with Gasteiger partial charge in [0.25, 0.3) is 5.56 Å². The molecule has 4 nitrogen and oxygen atoms in total. The van der Waals surface area contributed by atoms with Crippen LogP contribution in [0.4, 0.5) is 0 Å². The first-order valence-corrected chi connectivity index (χ1v) is 7.98. The molecule has 0 radical (unpaired) electrons. The van der Waals surface area contributed by atoms with Gasteiger partial charge in [-0.3, -0.25) is 4.79 Å². The van der Waals surface area contributed by atoms with Crippen molar-refractivity contribution in [1.82, 2.24) is 9.78 Å². The molecular formula is C16H23N3O. The van der Waals surface area contributed by atoms with Gasteiger partial charge in [-0.1, -0.05) is 0 Å². The zero-order chi connectivity index (χ0) is 13.7. The van der Waals surface area contributed by atoms with E-state index >= 15 is 0 Å². The van der Waals surface area contributed by atoms with Gasteiger partial charge >= 0.3 is 0 Å². The van der Waals surface area contributed by atoms with E-state index in [9.17, 15) is 4.79 Å². The van der Waals surface area contributed by atoms with Crippen molar-refractivity contribution in [3.8, 4) is 0 Å². The van der Waals surface area contributed by atoms with E-state index in [0.29, 0.717) is 12.5 Å². The van der Waals surface area contributed by atoms with Gasteiger partial charge in [0, 0.05) is 18.3 Å². The van der Waals surface area contributed by atoms with Crippen LogP contribution in [0.2, 0.25) is 0 Å². The Hall–Kier alpha value is -1.16. The van der Waals surface area contributed by atoms with E-state index < -0.39 is 0 Å². The maximum atomic E-state index is 11.8. The van der Waals surface area contributed by atoms with E-state index in [1.807, 2.05) is 0 Å². The van der Waals surface area contributed by atoms with Crippen molar-refractivity contribution in [3.63, 3.8) is 0 Å². The SMILES string of the molecule is NC(Cn1ncccc1=O)C1C2CC3CC(C2)CC1C3. The third-order valence-electron chi connectivity index (χ3n) is 5.96. The standard InChI is InChI=1S/C16H23N3O/c17-14(9-19-15(20)2-1-3-18-19)16-12-5-10-4-11(7-12)8-13(16)6-10/h1-3,10-14,16H,4-9,17H2. The Morgan fingerprint density at radius 3 is 2.45 bits per heavy atom. The first-order valence-electron chi connectivity index (χ1n) is 7.98. The van der Waals surface area contributed by atoms with E-state index in [2.05, 4.69) is 5.10 Å². The zero-order valence-corrected chi connectivity index (χ0v) is 11.8. The van der Waals surface area contributed by atoms with Crippen molar-refractivity contribution in [3.05, 3.63) is 28.7 Å². The second-order valence-corrected chi connectivity index (χ2v) is 7.22. The molecule has 0 amide bonds. The lowest BCUT2D eigenvalue weighted by molar-refractivity contribution is -0.0490. The Bertz CT molecular complexity index is 525. The fourth-order valence-electron chi connectivity index (χ4n) is 5.51. The summed E-state index contributed by atoms with van der Waals surface area (Å²) in [6.07, 6.45) is 8.65. The van der Waals surface area contributed by atoms with Crippen molar-refractivity contribution in [2.24, 2.45) is 35.3 Å². The number of hydrogen-bond donors (Lipinski definition) is 1. The minimum absolute atomic E-state index is 0.0354. The van der Waals surface area contributed by atoms with Crippen LogP contribution in [0.5, 0.6) is 0 Å². The highest BCUT2D eigenvalue weighted by atomic mass is 16.1. The summed E-state index contributed by atoms with van der Waals surface area (Å²) in [5, 5.41) is 4.15. The maximum Gasteiger partial charge on any atom is 0.266 e. The molecule has 4 aliphatic rings. The molecule has 5 rings (SSSR count). The number of aromatic nitrogens is 2. The number of rotatable bonds is 3. The van der Waals surface area contributed by atoms with Gasteiger partial charge in [-0.25, -0.2) is 4.68 Å². The molecule has 4 heteroatoms. The molecule has 4 bridgehead atoms. The lowest BCUT2D eigenvalue weighted by Crippen LogP contribution is -2.53. The monoisotopic (exact) mass is 273 g/mol. The second-order valence-electron chi connectivity index (χ2n) is 7.22. The molecular weight excluding hydrogens is 250 g/mol. The summed E-state index contributed by atoms with van der Waals surface area (Å²) in [7, 11) is 0. The molecule has 1 aromatic rings. The van der Waals surface area contributed by atoms with Crippen molar-refractivity contribution in [2.75, 3.05) is 0 Å². The molecule has 108 valence electrons. The summed E-state index contributed by atoms with van der Waals surface area (Å²) >= 11 is 0. The predicted molar refractivity (Wildman–Crippen MR) is 77.0 cm³/mol. The van der Waals surface area contributed by atoms with E-state index in [1.165, 1.54) is 36.8 Å². The summed E-state index contributed by atoms with van der Waals surface area (Å²) < 4.78 is 1.54. The lowest BCUT2D eigenvalue weighted by atomic mass is 9.50. The Morgan fingerprint density at radius 1 is 1.20 bits per heavy atom. The van der Waals surface area contributed by atoms with Crippen LogP contribution in [-0.2, 0) is 6.54 Å². The molecule has 0 saturated heterocycles. The summed E-state index contributed by atoms with van der Waals surface area (Å²) in [4.78, 5) is 11.8. The minimum atomic E-state index is -0.0354. The smallest absolute Gasteiger partial charge is 0.266 e. The summed E-state index contributed by atoms with van der Waals surface area (Å²) in [6.45, 7) is 0.576. The van der Waals surface area contributed by atoms with Gasteiger partial charge in [0.15, 0.2) is 0 Å². The topological polar surface area (TPSA) is 60.9 Å². The molecule has 4 saturated carbocycles. The van der Waals surface area contributed by atoms with Crippen LogP contribution in [0.1, 0.15) is 32.1 Å². The predicted octanol–water partition coefficient (Wildman–Crippen LogP) is 1.64. The van der Waals surface area contributed by atoms with E-state index in [-0.39, 0.29) is 11.6 Å². The zero-order valence-electron chi connectivity index (χ0n) is 11.8. The summed E-state index contributed by atoms with van der Waals surface area (Å²) in [5.41, 5.74) is 6.46. The lowest BCUT2D eigenvalue weighted by Gasteiger charge is -2.56. The molecule has 1 aromatic heterocycles. The van der Waals surface area contributed by atoms with Gasteiger partial charge in [-0.05, 0) is 67.8 Å². The Kier molecular flexibility index (Phi) is 2.95. The summed E-state index contributed by atoms with van der Waals surface area (Å²) in [6, 6.07) is 3.33. The van der Waals surface area contributed by atoms with Crippen LogP contribution in [0.15, 0.2) is 23.1 Å². The number of hydrogen-bond acceptors (Lipinski definition) is 3. The van der Waals surface area contributed by atoms with Gasteiger partial charge in [-0.2, -0.15) is 5.10 Å². The fraction of sp³-hybridized carbons (Fsp3) is 0.750. The summed E-state index contributed by atoms with van der Waals surface area (Å²) in [5.74, 6) is 4.16. The quantitative estimate of drug-likeness (QED) is 0.910. The number of nitrogens with zero attached hydrogens (tertiary/aromatic N) is 2. The van der Waals surface area contributed by atoms with Crippen LogP contribution < -0.4 is 11.3 Å². The van der Waals surface area contributed by atoms with Gasteiger partial charge in [0.2, 0.25) is 0 Å². The fourth-order valence-corrected chi connectivity index (χ4v) is 5.51. The third kappa shape index (κ3) is 2.01. The van der Waals surface area contributed by atoms with Gasteiger partial charge in [0.1, 0.15) is 0 Å². The van der Waals surface area contributed by atoms with Crippen LogP contribution in [0.3, 0.4) is 0 Å². The Morgan fingerprint density at radius 2 is 1.85 bits per heavy atom. The molecule has 1 atom stereocenters. The van der Waals surface area contributed by atoms with Crippen molar-refractivity contribution in [1.29, 1.82) is 0 Å². The molecule has 20 heavy (non-hydrogen) atoms. The highest BCUT2D eigenvalue weighted by molar-refractivity contribution is 5.01. The van der Waals surface area contributed by atoms with Crippen LogP contribution in [-0.4, -0.2) is 15.8 Å². The first-order chi connectivity index (χ1) is 9.70. The second kappa shape index (κ2) is 4.69. The van der Waals surface area contributed by atoms with E-state index in [1.54, 1.807) is 18.3 Å². The van der Waals surface area contributed by atoms with Crippen molar-refractivity contribution in [2.45, 2.75) is 44.7 Å². The van der Waals surface area contributed by atoms with E-state index in [4.69, 9.17) is 5.73 Å². The molecule has 4 fully saturated rings. The van der Waals surface area contributed by atoms with Gasteiger partial charge in [-0.15, -0.1) is 0 Å². The molecule has 0 aliphatic heterocycles. The molecule has 0 spiro atoms.